The lowest BCUT2D eigenvalue weighted by molar-refractivity contribution is 0.0472. The first kappa shape index (κ1) is 16.2. The van der Waals surface area contributed by atoms with Gasteiger partial charge in [-0.05, 0) is 23.3 Å². The highest BCUT2D eigenvalue weighted by molar-refractivity contribution is 7.85. The zero-order valence-electron chi connectivity index (χ0n) is 12.1. The summed E-state index contributed by atoms with van der Waals surface area (Å²) >= 11 is 0. The second-order valence-corrected chi connectivity index (χ2v) is 6.37. The van der Waals surface area contributed by atoms with E-state index in [-0.39, 0.29) is 13.2 Å². The van der Waals surface area contributed by atoms with Crippen molar-refractivity contribution in [3.8, 4) is 0 Å². The summed E-state index contributed by atoms with van der Waals surface area (Å²) in [4.78, 5) is 11.9. The predicted octanol–water partition coefficient (Wildman–Crippen LogP) is 2.52. The quantitative estimate of drug-likeness (QED) is 0.604. The molecule has 0 aliphatic heterocycles. The molecule has 6 heteroatoms. The Morgan fingerprint density at radius 3 is 2.09 bits per heavy atom. The molecular formula is C16H16O5S. The molecule has 2 aromatic carbocycles. The topological polar surface area (TPSA) is 69.7 Å². The van der Waals surface area contributed by atoms with Crippen molar-refractivity contribution in [3.05, 3.63) is 71.3 Å². The van der Waals surface area contributed by atoms with Gasteiger partial charge >= 0.3 is 5.97 Å². The zero-order valence-corrected chi connectivity index (χ0v) is 12.9. The molecule has 0 radical (unpaired) electrons. The second-order valence-electron chi connectivity index (χ2n) is 4.72. The molecule has 0 heterocycles. The van der Waals surface area contributed by atoms with Crippen LogP contribution in [-0.2, 0) is 32.3 Å². The third kappa shape index (κ3) is 5.31. The van der Waals surface area contributed by atoms with Gasteiger partial charge in [-0.15, -0.1) is 0 Å². The van der Waals surface area contributed by atoms with E-state index in [1.54, 1.807) is 24.3 Å². The largest absolute Gasteiger partial charge is 0.457 e. The number of esters is 1. The minimum atomic E-state index is -3.48. The normalized spacial score (nSPS) is 11.1. The minimum absolute atomic E-state index is 0.0574. The molecule has 0 aliphatic carbocycles. The van der Waals surface area contributed by atoms with E-state index in [4.69, 9.17) is 4.74 Å². The van der Waals surface area contributed by atoms with Crippen LogP contribution in [0.2, 0.25) is 0 Å². The van der Waals surface area contributed by atoms with Gasteiger partial charge in [0.2, 0.25) is 0 Å². The molecule has 0 saturated carbocycles. The van der Waals surface area contributed by atoms with Gasteiger partial charge in [-0.3, -0.25) is 4.18 Å². The van der Waals surface area contributed by atoms with E-state index in [9.17, 15) is 13.2 Å². The molecule has 0 amide bonds. The molecule has 5 nitrogen and oxygen atoms in total. The molecule has 22 heavy (non-hydrogen) atoms. The molecule has 0 unspecified atom stereocenters. The third-order valence-corrected chi connectivity index (χ3v) is 3.39. The molecule has 0 aliphatic rings. The maximum Gasteiger partial charge on any atom is 0.338 e. The van der Waals surface area contributed by atoms with E-state index >= 15 is 0 Å². The Morgan fingerprint density at radius 1 is 0.909 bits per heavy atom. The molecule has 0 saturated heterocycles. The zero-order chi connectivity index (χ0) is 16.0. The number of rotatable bonds is 6. The van der Waals surface area contributed by atoms with E-state index in [0.717, 1.165) is 11.8 Å². The van der Waals surface area contributed by atoms with Crippen LogP contribution in [0.1, 0.15) is 21.5 Å². The lowest BCUT2D eigenvalue weighted by Crippen LogP contribution is -2.06. The standard InChI is InChI=1S/C16H16O5S/c1-22(18,19)21-12-14-7-9-15(10-8-14)16(17)20-11-13-5-3-2-4-6-13/h2-10H,11-12H2,1H3. The fourth-order valence-corrected chi connectivity index (χ4v) is 2.07. The minimum Gasteiger partial charge on any atom is -0.457 e. The van der Waals surface area contributed by atoms with E-state index in [2.05, 4.69) is 4.18 Å². The highest BCUT2D eigenvalue weighted by Crippen LogP contribution is 2.10. The highest BCUT2D eigenvalue weighted by atomic mass is 32.2. The molecule has 116 valence electrons. The van der Waals surface area contributed by atoms with E-state index in [0.29, 0.717) is 11.1 Å². The molecule has 2 rings (SSSR count). The maximum atomic E-state index is 11.9. The average Bonchev–Trinajstić information content (AvgIpc) is 2.51. The molecule has 0 spiro atoms. The molecule has 0 aromatic heterocycles. The lowest BCUT2D eigenvalue weighted by Gasteiger charge is -2.06. The summed E-state index contributed by atoms with van der Waals surface area (Å²) in [5, 5.41) is 0. The lowest BCUT2D eigenvalue weighted by atomic mass is 10.1. The molecule has 0 N–H and O–H groups in total. The fourth-order valence-electron chi connectivity index (χ4n) is 1.72. The van der Waals surface area contributed by atoms with E-state index in [1.165, 1.54) is 0 Å². The van der Waals surface area contributed by atoms with Gasteiger partial charge in [-0.25, -0.2) is 4.79 Å². The Balaban J connectivity index is 1.91. The van der Waals surface area contributed by atoms with Crippen molar-refractivity contribution in [2.24, 2.45) is 0 Å². The molecule has 0 bridgehead atoms. The van der Waals surface area contributed by atoms with Crippen molar-refractivity contribution in [2.45, 2.75) is 13.2 Å². The fraction of sp³-hybridized carbons (Fsp3) is 0.188. The third-order valence-electron chi connectivity index (χ3n) is 2.84. The first-order valence-electron chi connectivity index (χ1n) is 6.58. The summed E-state index contributed by atoms with van der Waals surface area (Å²) in [6.07, 6.45) is 0.988. The van der Waals surface area contributed by atoms with Crippen LogP contribution in [0.15, 0.2) is 54.6 Å². The van der Waals surface area contributed by atoms with Gasteiger partial charge in [0.05, 0.1) is 18.4 Å². The van der Waals surface area contributed by atoms with Crippen molar-refractivity contribution >= 4 is 16.1 Å². The average molecular weight is 320 g/mol. The van der Waals surface area contributed by atoms with Gasteiger partial charge in [0.25, 0.3) is 10.1 Å². The summed E-state index contributed by atoms with van der Waals surface area (Å²) < 4.78 is 31.7. The number of hydrogen-bond acceptors (Lipinski definition) is 5. The summed E-state index contributed by atoms with van der Waals surface area (Å²) in [6, 6.07) is 15.8. The van der Waals surface area contributed by atoms with Crippen molar-refractivity contribution in [1.82, 2.24) is 0 Å². The van der Waals surface area contributed by atoms with Crippen LogP contribution in [0.4, 0.5) is 0 Å². The number of carbonyl (C=O) groups excluding carboxylic acids is 1. The Hall–Kier alpha value is -2.18. The summed E-state index contributed by atoms with van der Waals surface area (Å²) in [6.45, 7) is 0.150. The molecule has 0 atom stereocenters. The van der Waals surface area contributed by atoms with Gasteiger partial charge in [-0.1, -0.05) is 42.5 Å². The summed E-state index contributed by atoms with van der Waals surface area (Å²) in [5.41, 5.74) is 1.97. The van der Waals surface area contributed by atoms with Gasteiger partial charge < -0.3 is 4.74 Å². The van der Waals surface area contributed by atoms with Crippen LogP contribution in [0, 0.1) is 0 Å². The van der Waals surface area contributed by atoms with Gasteiger partial charge in [-0.2, -0.15) is 8.42 Å². The summed E-state index contributed by atoms with van der Waals surface area (Å²) in [7, 11) is -3.48. The van der Waals surface area contributed by atoms with Crippen LogP contribution >= 0.6 is 0 Å². The Kier molecular flexibility index (Phi) is 5.30. The van der Waals surface area contributed by atoms with Crippen LogP contribution in [0.3, 0.4) is 0 Å². The smallest absolute Gasteiger partial charge is 0.338 e. The van der Waals surface area contributed by atoms with Crippen molar-refractivity contribution in [2.75, 3.05) is 6.26 Å². The van der Waals surface area contributed by atoms with E-state index < -0.39 is 16.1 Å². The first-order chi connectivity index (χ1) is 10.4. The van der Waals surface area contributed by atoms with Crippen molar-refractivity contribution < 1.29 is 22.1 Å². The first-order valence-corrected chi connectivity index (χ1v) is 8.40. The molecular weight excluding hydrogens is 304 g/mol. The second kappa shape index (κ2) is 7.20. The van der Waals surface area contributed by atoms with Crippen LogP contribution in [0.25, 0.3) is 0 Å². The predicted molar refractivity (Wildman–Crippen MR) is 81.6 cm³/mol. The van der Waals surface area contributed by atoms with Crippen LogP contribution < -0.4 is 0 Å². The molecule has 0 fully saturated rings. The number of hydrogen-bond donors (Lipinski definition) is 0. The number of ether oxygens (including phenoxy) is 1. The van der Waals surface area contributed by atoms with E-state index in [1.807, 2.05) is 30.3 Å². The van der Waals surface area contributed by atoms with Crippen molar-refractivity contribution in [1.29, 1.82) is 0 Å². The highest BCUT2D eigenvalue weighted by Gasteiger charge is 2.08. The van der Waals surface area contributed by atoms with Crippen LogP contribution in [0.5, 0.6) is 0 Å². The Morgan fingerprint density at radius 2 is 1.50 bits per heavy atom. The monoisotopic (exact) mass is 320 g/mol. The van der Waals surface area contributed by atoms with Gasteiger partial charge in [0.15, 0.2) is 0 Å². The summed E-state index contributed by atoms with van der Waals surface area (Å²) in [5.74, 6) is -0.431. The number of benzene rings is 2. The number of carbonyl (C=O) groups is 1. The molecule has 2 aromatic rings. The van der Waals surface area contributed by atoms with Gasteiger partial charge in [0, 0.05) is 0 Å². The Labute approximate surface area is 129 Å². The van der Waals surface area contributed by atoms with Gasteiger partial charge in [0.1, 0.15) is 6.61 Å². The maximum absolute atomic E-state index is 11.9. The van der Waals surface area contributed by atoms with Crippen molar-refractivity contribution in [3.63, 3.8) is 0 Å². The van der Waals surface area contributed by atoms with Crippen LogP contribution in [-0.4, -0.2) is 20.6 Å². The SMILES string of the molecule is CS(=O)(=O)OCc1ccc(C(=O)OCc2ccccc2)cc1. The Bertz CT molecular complexity index is 721.